The lowest BCUT2D eigenvalue weighted by Crippen LogP contribution is -2.46. The summed E-state index contributed by atoms with van der Waals surface area (Å²) in [6.07, 6.45) is 3.51. The number of aryl methyl sites for hydroxylation is 2. The molecule has 1 aliphatic carbocycles. The average molecular weight is 416 g/mol. The zero-order valence-electron chi connectivity index (χ0n) is 17.0. The number of nitrogens with one attached hydrogen (secondary N) is 2. The summed E-state index contributed by atoms with van der Waals surface area (Å²) in [6.45, 7) is 4.38. The summed E-state index contributed by atoms with van der Waals surface area (Å²) in [5.74, 6) is -0.279. The maximum atomic E-state index is 13.1. The molecule has 0 aliphatic heterocycles. The van der Waals surface area contributed by atoms with Crippen molar-refractivity contribution in [1.82, 2.24) is 5.32 Å². The third-order valence-electron chi connectivity index (χ3n) is 5.85. The van der Waals surface area contributed by atoms with Crippen molar-refractivity contribution in [2.45, 2.75) is 45.6 Å². The summed E-state index contributed by atoms with van der Waals surface area (Å²) >= 11 is 0. The number of carbonyl (C=O) groups is 2. The van der Waals surface area contributed by atoms with Gasteiger partial charge in [-0.05, 0) is 55.5 Å². The molecule has 1 aliphatic rings. The zero-order valence-corrected chi connectivity index (χ0v) is 17.9. The largest absolute Gasteiger partial charge is 0.353 e. The fourth-order valence-electron chi connectivity index (χ4n) is 3.80. The van der Waals surface area contributed by atoms with Crippen LogP contribution in [0.2, 0.25) is 0 Å². The summed E-state index contributed by atoms with van der Waals surface area (Å²) < 4.78 is 0. The highest BCUT2D eigenvalue weighted by atomic mass is 35.5. The molecular weight excluding hydrogens is 386 g/mol. The Morgan fingerprint density at radius 2 is 1.69 bits per heavy atom. The van der Waals surface area contributed by atoms with Gasteiger partial charge in [-0.3, -0.25) is 9.59 Å². The Bertz CT molecular complexity index is 848. The van der Waals surface area contributed by atoms with Crippen LogP contribution < -0.4 is 16.4 Å². The number of amides is 2. The van der Waals surface area contributed by atoms with E-state index < -0.39 is 11.5 Å². The van der Waals surface area contributed by atoms with Gasteiger partial charge in [0.25, 0.3) is 0 Å². The van der Waals surface area contributed by atoms with Crippen molar-refractivity contribution < 1.29 is 9.59 Å². The van der Waals surface area contributed by atoms with Crippen LogP contribution in [0.25, 0.3) is 0 Å². The smallest absolute Gasteiger partial charge is 0.241 e. The molecule has 6 heteroatoms. The molecule has 2 aromatic rings. The number of hydrogen-bond donors (Lipinski definition) is 3. The van der Waals surface area contributed by atoms with E-state index in [1.54, 1.807) is 0 Å². The van der Waals surface area contributed by atoms with Gasteiger partial charge in [-0.15, -0.1) is 12.4 Å². The SMILES string of the molecule is Cc1ccc(NC(=O)C2(CNC(=O)C(N)c3ccccc3)CCCC2)cc1C.Cl. The van der Waals surface area contributed by atoms with Crippen LogP contribution in [-0.2, 0) is 9.59 Å². The van der Waals surface area contributed by atoms with Crippen molar-refractivity contribution in [2.75, 3.05) is 11.9 Å². The first-order valence-electron chi connectivity index (χ1n) is 9.88. The lowest BCUT2D eigenvalue weighted by atomic mass is 9.84. The first kappa shape index (κ1) is 22.9. The van der Waals surface area contributed by atoms with E-state index in [1.807, 2.05) is 62.4 Å². The molecule has 0 radical (unpaired) electrons. The van der Waals surface area contributed by atoms with E-state index in [2.05, 4.69) is 10.6 Å². The van der Waals surface area contributed by atoms with Crippen molar-refractivity contribution in [1.29, 1.82) is 0 Å². The molecule has 0 saturated heterocycles. The first-order valence-corrected chi connectivity index (χ1v) is 9.88. The number of hydrogen-bond acceptors (Lipinski definition) is 3. The number of carbonyl (C=O) groups excluding carboxylic acids is 2. The highest BCUT2D eigenvalue weighted by molar-refractivity contribution is 5.96. The van der Waals surface area contributed by atoms with Gasteiger partial charge in [0.2, 0.25) is 11.8 Å². The van der Waals surface area contributed by atoms with Gasteiger partial charge in [0.1, 0.15) is 6.04 Å². The van der Waals surface area contributed by atoms with Crippen LogP contribution in [0.1, 0.15) is 48.4 Å². The van der Waals surface area contributed by atoms with Crippen molar-refractivity contribution in [2.24, 2.45) is 11.1 Å². The van der Waals surface area contributed by atoms with Crippen molar-refractivity contribution in [3.8, 4) is 0 Å². The second-order valence-electron chi connectivity index (χ2n) is 7.85. The Morgan fingerprint density at radius 3 is 2.31 bits per heavy atom. The maximum absolute atomic E-state index is 13.1. The molecule has 29 heavy (non-hydrogen) atoms. The molecule has 0 spiro atoms. The normalized spacial score (nSPS) is 15.8. The van der Waals surface area contributed by atoms with Gasteiger partial charge < -0.3 is 16.4 Å². The first-order chi connectivity index (χ1) is 13.4. The van der Waals surface area contributed by atoms with Crippen LogP contribution in [0.3, 0.4) is 0 Å². The van der Waals surface area contributed by atoms with E-state index >= 15 is 0 Å². The molecule has 1 unspecified atom stereocenters. The van der Waals surface area contributed by atoms with Crippen molar-refractivity contribution >= 4 is 29.9 Å². The van der Waals surface area contributed by atoms with Gasteiger partial charge in [0.15, 0.2) is 0 Å². The molecule has 4 N–H and O–H groups in total. The van der Waals surface area contributed by atoms with Gasteiger partial charge in [-0.1, -0.05) is 49.2 Å². The molecule has 1 fully saturated rings. The quantitative estimate of drug-likeness (QED) is 0.665. The minimum absolute atomic E-state index is 0. The highest BCUT2D eigenvalue weighted by Crippen LogP contribution is 2.39. The van der Waals surface area contributed by atoms with Gasteiger partial charge in [-0.2, -0.15) is 0 Å². The van der Waals surface area contributed by atoms with Gasteiger partial charge in [0, 0.05) is 12.2 Å². The number of halogens is 1. The predicted octanol–water partition coefficient (Wildman–Crippen LogP) is 4.04. The minimum atomic E-state index is -0.734. The lowest BCUT2D eigenvalue weighted by Gasteiger charge is -2.28. The molecule has 3 rings (SSSR count). The van der Waals surface area contributed by atoms with Crippen LogP contribution in [0.15, 0.2) is 48.5 Å². The number of rotatable bonds is 6. The number of nitrogens with two attached hydrogens (primary N) is 1. The Kier molecular flexibility index (Phi) is 7.82. The topological polar surface area (TPSA) is 84.2 Å². The van der Waals surface area contributed by atoms with Gasteiger partial charge in [0.05, 0.1) is 5.41 Å². The predicted molar refractivity (Wildman–Crippen MR) is 119 cm³/mol. The second kappa shape index (κ2) is 9.90. The minimum Gasteiger partial charge on any atom is -0.353 e. The Labute approximate surface area is 178 Å². The van der Waals surface area contributed by atoms with Crippen molar-refractivity contribution in [3.05, 3.63) is 65.2 Å². The van der Waals surface area contributed by atoms with E-state index in [1.165, 1.54) is 5.56 Å². The van der Waals surface area contributed by atoms with E-state index in [0.29, 0.717) is 6.54 Å². The van der Waals surface area contributed by atoms with Crippen LogP contribution in [0, 0.1) is 19.3 Å². The fourth-order valence-corrected chi connectivity index (χ4v) is 3.80. The summed E-state index contributed by atoms with van der Waals surface area (Å²) in [4.78, 5) is 25.6. The Hall–Kier alpha value is -2.37. The third-order valence-corrected chi connectivity index (χ3v) is 5.85. The molecule has 0 bridgehead atoms. The highest BCUT2D eigenvalue weighted by Gasteiger charge is 2.41. The van der Waals surface area contributed by atoms with E-state index in [9.17, 15) is 9.59 Å². The van der Waals surface area contributed by atoms with E-state index in [4.69, 9.17) is 5.73 Å². The van der Waals surface area contributed by atoms with Crippen LogP contribution in [0.5, 0.6) is 0 Å². The molecule has 0 heterocycles. The molecule has 5 nitrogen and oxygen atoms in total. The molecule has 1 saturated carbocycles. The molecule has 0 aromatic heterocycles. The van der Waals surface area contributed by atoms with Gasteiger partial charge in [-0.25, -0.2) is 0 Å². The lowest BCUT2D eigenvalue weighted by molar-refractivity contribution is -0.127. The van der Waals surface area contributed by atoms with E-state index in [0.717, 1.165) is 42.5 Å². The van der Waals surface area contributed by atoms with Gasteiger partial charge >= 0.3 is 0 Å². The second-order valence-corrected chi connectivity index (χ2v) is 7.85. The fraction of sp³-hybridized carbons (Fsp3) is 0.391. The van der Waals surface area contributed by atoms with Crippen molar-refractivity contribution in [3.63, 3.8) is 0 Å². The average Bonchev–Trinajstić information content (AvgIpc) is 3.19. The summed E-state index contributed by atoms with van der Waals surface area (Å²) in [5, 5.41) is 5.98. The standard InChI is InChI=1S/C23H29N3O2.ClH/c1-16-10-11-19(14-17(16)2)26-22(28)23(12-6-7-13-23)15-25-21(27)20(24)18-8-4-3-5-9-18;/h3-5,8-11,14,20H,6-7,12-13,15,24H2,1-2H3,(H,25,27)(H,26,28);1H. The van der Waals surface area contributed by atoms with E-state index in [-0.39, 0.29) is 24.2 Å². The van der Waals surface area contributed by atoms with Crippen LogP contribution in [0.4, 0.5) is 5.69 Å². The monoisotopic (exact) mass is 415 g/mol. The summed E-state index contributed by atoms with van der Waals surface area (Å²) in [6, 6.07) is 14.5. The zero-order chi connectivity index (χ0) is 20.1. The molecule has 156 valence electrons. The summed E-state index contributed by atoms with van der Waals surface area (Å²) in [5.41, 5.74) is 9.40. The van der Waals surface area contributed by atoms with Crippen LogP contribution in [-0.4, -0.2) is 18.4 Å². The number of anilines is 1. The molecule has 2 aromatic carbocycles. The Morgan fingerprint density at radius 1 is 1.03 bits per heavy atom. The maximum Gasteiger partial charge on any atom is 0.241 e. The molecule has 1 atom stereocenters. The summed E-state index contributed by atoms with van der Waals surface area (Å²) in [7, 11) is 0. The third kappa shape index (κ3) is 5.37. The van der Waals surface area contributed by atoms with Crippen LogP contribution >= 0.6 is 12.4 Å². The Balaban J connectivity index is 0.00000300. The number of benzene rings is 2. The molecular formula is C23H30ClN3O2. The molecule has 2 amide bonds.